The van der Waals surface area contributed by atoms with E-state index < -0.39 is 26.9 Å². The summed E-state index contributed by atoms with van der Waals surface area (Å²) in [5.41, 5.74) is 2.06. The predicted molar refractivity (Wildman–Crippen MR) is 142 cm³/mol. The minimum Gasteiger partial charge on any atom is -0.392 e. The van der Waals surface area contributed by atoms with E-state index in [9.17, 15) is 24.8 Å². The first-order valence-electron chi connectivity index (χ1n) is 12.3. The van der Waals surface area contributed by atoms with E-state index in [0.29, 0.717) is 25.1 Å². The maximum absolute atomic E-state index is 13.4. The van der Waals surface area contributed by atoms with Gasteiger partial charge in [0.05, 0.1) is 22.6 Å². The third-order valence-electron chi connectivity index (χ3n) is 7.46. The van der Waals surface area contributed by atoms with Crippen LogP contribution in [-0.4, -0.2) is 59.9 Å². The van der Waals surface area contributed by atoms with Gasteiger partial charge in [0.15, 0.2) is 0 Å². The Labute approximate surface area is 224 Å². The van der Waals surface area contributed by atoms with Crippen molar-refractivity contribution in [3.05, 3.63) is 80.6 Å². The van der Waals surface area contributed by atoms with Crippen molar-refractivity contribution in [1.82, 2.24) is 14.8 Å². The number of nitro benzene ring substituents is 1. The second kappa shape index (κ2) is 10.2. The van der Waals surface area contributed by atoms with Crippen molar-refractivity contribution in [1.29, 1.82) is 0 Å². The molecular weight excluding hydrogens is 512 g/mol. The fraction of sp³-hybridized carbons (Fsp3) is 0.423. The Balaban J connectivity index is 1.45. The van der Waals surface area contributed by atoms with Gasteiger partial charge in [0, 0.05) is 48.7 Å². The van der Waals surface area contributed by atoms with Gasteiger partial charge in [-0.05, 0) is 37.1 Å². The summed E-state index contributed by atoms with van der Waals surface area (Å²) in [4.78, 5) is 45.1. The first kappa shape index (κ1) is 25.9. The van der Waals surface area contributed by atoms with Crippen molar-refractivity contribution >= 4 is 41.1 Å². The maximum atomic E-state index is 13.4. The molecule has 0 bridgehead atoms. The van der Waals surface area contributed by atoms with E-state index in [1.165, 1.54) is 28.8 Å². The molecule has 0 radical (unpaired) electrons. The van der Waals surface area contributed by atoms with Crippen molar-refractivity contribution in [2.24, 2.45) is 11.8 Å². The molecule has 0 saturated carbocycles. The van der Waals surface area contributed by atoms with Crippen molar-refractivity contribution in [2.75, 3.05) is 13.1 Å². The van der Waals surface area contributed by atoms with Crippen molar-refractivity contribution in [2.45, 2.75) is 43.7 Å². The fourth-order valence-electron chi connectivity index (χ4n) is 5.69. The lowest BCUT2D eigenvalue weighted by Gasteiger charge is -2.55. The summed E-state index contributed by atoms with van der Waals surface area (Å²) in [7, 11) is 0. The Bertz CT molecular complexity index is 1260. The number of hydrogen-bond acceptors (Lipinski definition) is 8. The van der Waals surface area contributed by atoms with Gasteiger partial charge in [0.1, 0.15) is 10.6 Å². The number of likely N-dealkylation sites (tertiary alicyclic amines) is 1. The molecule has 4 heterocycles. The molecule has 4 atom stereocenters. The number of carbonyl (C=O) groups excluding carboxylic acids is 2. The highest BCUT2D eigenvalue weighted by Crippen LogP contribution is 2.62. The highest BCUT2D eigenvalue weighted by atomic mass is 32.2. The third-order valence-corrected chi connectivity index (χ3v) is 9.35. The van der Waals surface area contributed by atoms with Gasteiger partial charge in [-0.15, -0.1) is 0 Å². The number of amides is 1. The Morgan fingerprint density at radius 2 is 2.08 bits per heavy atom. The molecule has 1 N–H and O–H groups in total. The smallest absolute Gasteiger partial charge is 0.269 e. The molecule has 2 saturated heterocycles. The van der Waals surface area contributed by atoms with Crippen LogP contribution in [0.5, 0.6) is 0 Å². The van der Waals surface area contributed by atoms with E-state index >= 15 is 0 Å². The fourth-order valence-corrected chi connectivity index (χ4v) is 7.90. The molecule has 2 fully saturated rings. The topological polar surface area (TPSA) is 117 Å². The number of rotatable bonds is 9. The monoisotopic (exact) mass is 540 g/mol. The van der Waals surface area contributed by atoms with E-state index in [0.717, 1.165) is 35.7 Å². The number of thioether (sulfide) groups is 1. The average molecular weight is 541 g/mol. The highest BCUT2D eigenvalue weighted by molar-refractivity contribution is 8.05. The lowest BCUT2D eigenvalue weighted by molar-refractivity contribution is -0.384. The molecule has 1 aromatic carbocycles. The summed E-state index contributed by atoms with van der Waals surface area (Å²) in [5.74, 6) is -0.922. The number of benzene rings is 1. The van der Waals surface area contributed by atoms with Gasteiger partial charge in [0.25, 0.3) is 5.69 Å². The van der Waals surface area contributed by atoms with Gasteiger partial charge in [-0.3, -0.25) is 34.5 Å². The number of non-ortho nitro benzene ring substituents is 1. The molecule has 5 rings (SSSR count). The van der Waals surface area contributed by atoms with Crippen LogP contribution in [0.4, 0.5) is 5.69 Å². The van der Waals surface area contributed by atoms with Crippen molar-refractivity contribution in [3.8, 4) is 0 Å². The summed E-state index contributed by atoms with van der Waals surface area (Å²) in [6.07, 6.45) is 2.48. The molecule has 0 aliphatic carbocycles. The highest BCUT2D eigenvalue weighted by Gasteiger charge is 2.68. The van der Waals surface area contributed by atoms with Gasteiger partial charge in [-0.25, -0.2) is 0 Å². The zero-order chi connectivity index (χ0) is 26.3. The zero-order valence-electron chi connectivity index (χ0n) is 20.3. The van der Waals surface area contributed by atoms with Crippen LogP contribution in [0.2, 0.25) is 0 Å². The lowest BCUT2D eigenvalue weighted by atomic mass is 9.77. The molecule has 37 heavy (non-hydrogen) atoms. The molecule has 0 spiro atoms. The van der Waals surface area contributed by atoms with E-state index in [1.807, 2.05) is 25.1 Å². The number of hydrogen-bond donors (Lipinski definition) is 2. The Morgan fingerprint density at radius 3 is 2.70 bits per heavy atom. The molecule has 1 aromatic heterocycles. The standard InChI is InChI=1S/C26H28N4O5S2/c1-2-20(31)21-24(32)29-22(25(33)36)23(17-10-12-28(14-17)15-18-5-3-4-11-27-18)37-26(21,29)13-16-6-8-19(9-7-16)30(34)35/h3-9,11,17,20-21,31H,2,10,12-15H2,1H3,(H,33,36)/t17-,20-,21+,26+/m0/s1. The quantitative estimate of drug-likeness (QED) is 0.215. The van der Waals surface area contributed by atoms with E-state index in [-0.39, 0.29) is 17.5 Å². The Hall–Kier alpha value is -2.73. The summed E-state index contributed by atoms with van der Waals surface area (Å²) >= 11 is 5.65. The Kier molecular flexibility index (Phi) is 7.14. The van der Waals surface area contributed by atoms with Gasteiger partial charge in [-0.2, -0.15) is 0 Å². The number of fused-ring (bicyclic) bond motifs is 1. The minimum absolute atomic E-state index is 0.0176. The number of carbonyl (C=O) groups is 2. The molecule has 1 amide bonds. The molecule has 3 aliphatic rings. The second-order valence-corrected chi connectivity index (χ2v) is 11.5. The number of pyridine rings is 1. The first-order chi connectivity index (χ1) is 17.7. The summed E-state index contributed by atoms with van der Waals surface area (Å²) in [6, 6.07) is 12.1. The van der Waals surface area contributed by atoms with Gasteiger partial charge in [-0.1, -0.05) is 49.5 Å². The Morgan fingerprint density at radius 1 is 1.32 bits per heavy atom. The molecule has 11 heteroatoms. The van der Waals surface area contributed by atoms with Crippen LogP contribution < -0.4 is 0 Å². The van der Waals surface area contributed by atoms with E-state index in [2.05, 4.69) is 22.5 Å². The third kappa shape index (κ3) is 4.58. The average Bonchev–Trinajstić information content (AvgIpc) is 3.45. The van der Waals surface area contributed by atoms with Crippen molar-refractivity contribution in [3.63, 3.8) is 0 Å². The molecular formula is C26H28N4O5S2. The van der Waals surface area contributed by atoms with Crippen LogP contribution in [0.15, 0.2) is 59.3 Å². The van der Waals surface area contributed by atoms with Crippen LogP contribution >= 0.6 is 24.4 Å². The van der Waals surface area contributed by atoms with Crippen LogP contribution in [0, 0.1) is 22.0 Å². The van der Waals surface area contributed by atoms with E-state index in [1.54, 1.807) is 18.3 Å². The number of aromatic nitrogens is 1. The summed E-state index contributed by atoms with van der Waals surface area (Å²) in [6.45, 7) is 4.09. The maximum Gasteiger partial charge on any atom is 0.269 e. The number of β-lactam (4-membered cyclic amide) rings is 1. The summed E-state index contributed by atoms with van der Waals surface area (Å²) < 4.78 is 0. The number of nitro groups is 1. The lowest BCUT2D eigenvalue weighted by Crippen LogP contribution is -2.71. The number of aliphatic hydroxyl groups is 1. The molecule has 0 unspecified atom stereocenters. The normalized spacial score (nSPS) is 26.2. The molecule has 194 valence electrons. The van der Waals surface area contributed by atoms with Gasteiger partial charge in [0.2, 0.25) is 11.0 Å². The van der Waals surface area contributed by atoms with Crippen LogP contribution in [0.3, 0.4) is 0 Å². The zero-order valence-corrected chi connectivity index (χ0v) is 22.0. The van der Waals surface area contributed by atoms with Crippen LogP contribution in [-0.2, 0) is 22.6 Å². The minimum atomic E-state index is -0.875. The van der Waals surface area contributed by atoms with Crippen LogP contribution in [0.1, 0.15) is 31.0 Å². The molecule has 2 aromatic rings. The summed E-state index contributed by atoms with van der Waals surface area (Å²) in [5, 5.41) is 21.5. The molecule has 9 nitrogen and oxygen atoms in total. The van der Waals surface area contributed by atoms with Gasteiger partial charge >= 0.3 is 0 Å². The van der Waals surface area contributed by atoms with E-state index in [4.69, 9.17) is 0 Å². The second-order valence-electron chi connectivity index (χ2n) is 9.73. The first-order valence-corrected chi connectivity index (χ1v) is 13.6. The van der Waals surface area contributed by atoms with Crippen LogP contribution in [0.25, 0.3) is 0 Å². The largest absolute Gasteiger partial charge is 0.392 e. The SMILES string of the molecule is CC[C@H](O)[C@@H]1C(=O)N2C(C(=O)S)=C([C@H]3CCN(Cc4ccccn4)C3)S[C@]12Cc1ccc([N+](=O)[O-])cc1. The van der Waals surface area contributed by atoms with Gasteiger partial charge < -0.3 is 5.11 Å². The number of aliphatic hydroxyl groups excluding tert-OH is 1. The van der Waals surface area contributed by atoms with Crippen molar-refractivity contribution < 1.29 is 19.6 Å². The number of thiol groups is 1. The number of nitrogens with zero attached hydrogens (tertiary/aromatic N) is 4. The molecule has 3 aliphatic heterocycles. The predicted octanol–water partition coefficient (Wildman–Crippen LogP) is 3.39.